The molecule has 1 saturated heterocycles. The Hall–Kier alpha value is -0.120. The Morgan fingerprint density at radius 2 is 2.19 bits per heavy atom. The second-order valence-corrected chi connectivity index (χ2v) is 5.47. The largest absolute Gasteiger partial charge is 0.381 e. The molecule has 2 unspecified atom stereocenters. The fourth-order valence-electron chi connectivity index (χ4n) is 2.26. The lowest BCUT2D eigenvalue weighted by atomic mass is 9.98. The van der Waals surface area contributed by atoms with Gasteiger partial charge in [-0.2, -0.15) is 0 Å². The Labute approximate surface area is 99.3 Å². The van der Waals surface area contributed by atoms with Crippen molar-refractivity contribution in [2.45, 2.75) is 26.2 Å². The molecule has 1 aliphatic heterocycles. The lowest BCUT2D eigenvalue weighted by Gasteiger charge is -2.14. The lowest BCUT2D eigenvalue weighted by Crippen LogP contribution is -2.28. The zero-order valence-corrected chi connectivity index (χ0v) is 10.5. The molecule has 0 aromatic rings. The summed E-state index contributed by atoms with van der Waals surface area (Å²) < 4.78 is 5.60. The summed E-state index contributed by atoms with van der Waals surface area (Å²) in [5, 5.41) is 6.98. The van der Waals surface area contributed by atoms with Gasteiger partial charge in [0.05, 0.1) is 0 Å². The molecule has 0 aromatic heterocycles. The van der Waals surface area contributed by atoms with Crippen LogP contribution in [0.3, 0.4) is 0 Å². The van der Waals surface area contributed by atoms with E-state index >= 15 is 0 Å². The van der Waals surface area contributed by atoms with Crippen LogP contribution in [0.15, 0.2) is 0 Å². The van der Waals surface area contributed by atoms with Gasteiger partial charge in [0.1, 0.15) is 0 Å². The van der Waals surface area contributed by atoms with E-state index in [1.165, 1.54) is 25.9 Å². The van der Waals surface area contributed by atoms with Gasteiger partial charge in [-0.05, 0) is 63.2 Å². The zero-order valence-electron chi connectivity index (χ0n) is 10.5. The first kappa shape index (κ1) is 12.3. The van der Waals surface area contributed by atoms with Crippen LogP contribution in [0.25, 0.3) is 0 Å². The van der Waals surface area contributed by atoms with Crippen molar-refractivity contribution in [2.24, 2.45) is 17.8 Å². The highest BCUT2D eigenvalue weighted by molar-refractivity contribution is 4.79. The van der Waals surface area contributed by atoms with Crippen molar-refractivity contribution < 1.29 is 4.74 Å². The molecule has 3 nitrogen and oxygen atoms in total. The molecule has 2 aliphatic rings. The summed E-state index contributed by atoms with van der Waals surface area (Å²) in [6.45, 7) is 8.92. The van der Waals surface area contributed by atoms with Crippen LogP contribution in [0.2, 0.25) is 0 Å². The summed E-state index contributed by atoms with van der Waals surface area (Å²) in [5.74, 6) is 2.56. The molecule has 2 rings (SSSR count). The molecular weight excluding hydrogens is 200 g/mol. The van der Waals surface area contributed by atoms with Crippen LogP contribution in [0.1, 0.15) is 26.2 Å². The van der Waals surface area contributed by atoms with E-state index in [1.54, 1.807) is 0 Å². The summed E-state index contributed by atoms with van der Waals surface area (Å²) in [4.78, 5) is 0. The van der Waals surface area contributed by atoms with Gasteiger partial charge in [-0.1, -0.05) is 6.92 Å². The topological polar surface area (TPSA) is 33.3 Å². The van der Waals surface area contributed by atoms with Gasteiger partial charge in [0.25, 0.3) is 0 Å². The fraction of sp³-hybridized carbons (Fsp3) is 1.00. The SMILES string of the molecule is CC1CNCC1CNCCCOCC1CC1. The summed E-state index contributed by atoms with van der Waals surface area (Å²) in [6, 6.07) is 0. The minimum atomic E-state index is 0.826. The third-order valence-electron chi connectivity index (χ3n) is 3.78. The zero-order chi connectivity index (χ0) is 11.2. The number of ether oxygens (including phenoxy) is 1. The molecule has 16 heavy (non-hydrogen) atoms. The third kappa shape index (κ3) is 4.40. The van der Waals surface area contributed by atoms with Crippen molar-refractivity contribution >= 4 is 0 Å². The van der Waals surface area contributed by atoms with Gasteiger partial charge in [-0.25, -0.2) is 0 Å². The van der Waals surface area contributed by atoms with Crippen LogP contribution < -0.4 is 10.6 Å². The molecule has 2 atom stereocenters. The van der Waals surface area contributed by atoms with Gasteiger partial charge in [0.15, 0.2) is 0 Å². The standard InChI is InChI=1S/C13H26N2O/c1-11-7-15-9-13(11)8-14-5-2-6-16-10-12-3-4-12/h11-15H,2-10H2,1H3. The van der Waals surface area contributed by atoms with E-state index < -0.39 is 0 Å². The monoisotopic (exact) mass is 226 g/mol. The number of hydrogen-bond acceptors (Lipinski definition) is 3. The second-order valence-electron chi connectivity index (χ2n) is 5.47. The van der Waals surface area contributed by atoms with Gasteiger partial charge >= 0.3 is 0 Å². The third-order valence-corrected chi connectivity index (χ3v) is 3.78. The van der Waals surface area contributed by atoms with Crippen LogP contribution in [-0.2, 0) is 4.74 Å². The summed E-state index contributed by atoms with van der Waals surface area (Å²) >= 11 is 0. The van der Waals surface area contributed by atoms with Gasteiger partial charge in [-0.15, -0.1) is 0 Å². The maximum absolute atomic E-state index is 5.60. The molecule has 2 N–H and O–H groups in total. The number of hydrogen-bond donors (Lipinski definition) is 2. The van der Waals surface area contributed by atoms with E-state index in [4.69, 9.17) is 4.74 Å². The molecule has 0 amide bonds. The van der Waals surface area contributed by atoms with Crippen molar-refractivity contribution in [1.82, 2.24) is 10.6 Å². The summed E-state index contributed by atoms with van der Waals surface area (Å²) in [6.07, 6.45) is 3.94. The summed E-state index contributed by atoms with van der Waals surface area (Å²) in [7, 11) is 0. The minimum absolute atomic E-state index is 0.826. The van der Waals surface area contributed by atoms with E-state index in [9.17, 15) is 0 Å². The van der Waals surface area contributed by atoms with Crippen LogP contribution in [0.4, 0.5) is 0 Å². The van der Waals surface area contributed by atoms with E-state index in [2.05, 4.69) is 17.6 Å². The van der Waals surface area contributed by atoms with Crippen molar-refractivity contribution in [3.63, 3.8) is 0 Å². The maximum atomic E-state index is 5.60. The normalized spacial score (nSPS) is 29.8. The molecule has 0 radical (unpaired) electrons. The quantitative estimate of drug-likeness (QED) is 0.611. The van der Waals surface area contributed by atoms with Crippen LogP contribution in [0.5, 0.6) is 0 Å². The highest BCUT2D eigenvalue weighted by Crippen LogP contribution is 2.28. The molecular formula is C13H26N2O. The van der Waals surface area contributed by atoms with Crippen molar-refractivity contribution in [3.8, 4) is 0 Å². The average molecular weight is 226 g/mol. The molecule has 2 fully saturated rings. The Bertz CT molecular complexity index is 194. The predicted molar refractivity (Wildman–Crippen MR) is 66.6 cm³/mol. The van der Waals surface area contributed by atoms with E-state index in [0.29, 0.717) is 0 Å². The van der Waals surface area contributed by atoms with Crippen LogP contribution >= 0.6 is 0 Å². The lowest BCUT2D eigenvalue weighted by molar-refractivity contribution is 0.122. The molecule has 1 saturated carbocycles. The Morgan fingerprint density at radius 3 is 2.88 bits per heavy atom. The van der Waals surface area contributed by atoms with Gasteiger partial charge in [-0.3, -0.25) is 0 Å². The van der Waals surface area contributed by atoms with Crippen molar-refractivity contribution in [1.29, 1.82) is 0 Å². The first-order valence-electron chi connectivity index (χ1n) is 6.85. The minimum Gasteiger partial charge on any atom is -0.381 e. The Morgan fingerprint density at radius 1 is 1.31 bits per heavy atom. The Balaban J connectivity index is 1.36. The fourth-order valence-corrected chi connectivity index (χ4v) is 2.26. The van der Waals surface area contributed by atoms with E-state index in [-0.39, 0.29) is 0 Å². The maximum Gasteiger partial charge on any atom is 0.0494 e. The molecule has 0 spiro atoms. The van der Waals surface area contributed by atoms with Gasteiger partial charge in [0.2, 0.25) is 0 Å². The van der Waals surface area contributed by atoms with Gasteiger partial charge in [0, 0.05) is 13.2 Å². The average Bonchev–Trinajstić information content (AvgIpc) is 3.01. The smallest absolute Gasteiger partial charge is 0.0494 e. The van der Waals surface area contributed by atoms with Crippen LogP contribution in [-0.4, -0.2) is 39.4 Å². The van der Waals surface area contributed by atoms with Gasteiger partial charge < -0.3 is 15.4 Å². The first-order valence-corrected chi connectivity index (χ1v) is 6.85. The molecule has 94 valence electrons. The molecule has 3 heteroatoms. The number of nitrogens with one attached hydrogen (secondary N) is 2. The second kappa shape index (κ2) is 6.58. The first-order chi connectivity index (χ1) is 7.86. The highest BCUT2D eigenvalue weighted by atomic mass is 16.5. The van der Waals surface area contributed by atoms with Crippen molar-refractivity contribution in [3.05, 3.63) is 0 Å². The molecule has 0 bridgehead atoms. The predicted octanol–water partition coefficient (Wildman–Crippen LogP) is 1.25. The molecule has 1 heterocycles. The molecule has 1 aliphatic carbocycles. The molecule has 0 aromatic carbocycles. The van der Waals surface area contributed by atoms with Crippen LogP contribution in [0, 0.1) is 17.8 Å². The summed E-state index contributed by atoms with van der Waals surface area (Å²) in [5.41, 5.74) is 0. The number of rotatable bonds is 8. The highest BCUT2D eigenvalue weighted by Gasteiger charge is 2.22. The van der Waals surface area contributed by atoms with E-state index in [0.717, 1.165) is 50.5 Å². The Kier molecular flexibility index (Phi) is 5.07. The van der Waals surface area contributed by atoms with Crippen molar-refractivity contribution in [2.75, 3.05) is 39.4 Å². The van der Waals surface area contributed by atoms with E-state index in [1.807, 2.05) is 0 Å².